The molecule has 0 radical (unpaired) electrons. The third-order valence-electron chi connectivity index (χ3n) is 3.33. The summed E-state index contributed by atoms with van der Waals surface area (Å²) in [4.78, 5) is 0.258. The summed E-state index contributed by atoms with van der Waals surface area (Å²) in [5.41, 5.74) is 3.23. The quantitative estimate of drug-likeness (QED) is 0.883. The summed E-state index contributed by atoms with van der Waals surface area (Å²) < 4.78 is 28.3. The molecule has 0 aliphatic heterocycles. The molecule has 2 aromatic rings. The molecule has 3 nitrogen and oxygen atoms in total. The number of halogens is 1. The zero-order chi connectivity index (χ0) is 15.6. The van der Waals surface area contributed by atoms with E-state index in [4.69, 9.17) is 0 Å². The highest BCUT2D eigenvalue weighted by molar-refractivity contribution is 9.10. The van der Waals surface area contributed by atoms with Crippen molar-refractivity contribution in [1.29, 1.82) is 0 Å². The molecule has 0 fully saturated rings. The van der Waals surface area contributed by atoms with Crippen molar-refractivity contribution in [3.63, 3.8) is 0 Å². The summed E-state index contributed by atoms with van der Waals surface area (Å²) in [5, 5.41) is 0. The number of hydrogen-bond donors (Lipinski definition) is 1. The normalized spacial score (nSPS) is 13.1. The van der Waals surface area contributed by atoms with Crippen LogP contribution in [0.5, 0.6) is 0 Å². The van der Waals surface area contributed by atoms with Crippen LogP contribution in [0.25, 0.3) is 0 Å². The van der Waals surface area contributed by atoms with Crippen molar-refractivity contribution in [3.8, 4) is 0 Å². The fourth-order valence-electron chi connectivity index (χ4n) is 2.31. The monoisotopic (exact) mass is 367 g/mol. The maximum Gasteiger partial charge on any atom is 0.241 e. The van der Waals surface area contributed by atoms with Gasteiger partial charge in [-0.05, 0) is 50.1 Å². The molecule has 21 heavy (non-hydrogen) atoms. The zero-order valence-corrected chi connectivity index (χ0v) is 14.6. The van der Waals surface area contributed by atoms with E-state index in [1.807, 2.05) is 32.9 Å². The summed E-state index contributed by atoms with van der Waals surface area (Å²) in [5.74, 6) is 0. The molecule has 0 saturated carbocycles. The van der Waals surface area contributed by atoms with E-state index in [2.05, 4.69) is 26.7 Å². The van der Waals surface area contributed by atoms with Crippen molar-refractivity contribution in [3.05, 3.63) is 63.6 Å². The van der Waals surface area contributed by atoms with E-state index in [1.165, 1.54) is 5.56 Å². The second kappa shape index (κ2) is 6.30. The highest BCUT2D eigenvalue weighted by atomic mass is 79.9. The Balaban J connectivity index is 2.28. The number of benzene rings is 2. The molecule has 0 heterocycles. The Labute approximate surface area is 134 Å². The third kappa shape index (κ3) is 3.93. The number of hydrogen-bond acceptors (Lipinski definition) is 2. The molecule has 1 unspecified atom stereocenters. The predicted octanol–water partition coefficient (Wildman–Crippen LogP) is 4.11. The van der Waals surface area contributed by atoms with Gasteiger partial charge in [-0.3, -0.25) is 0 Å². The van der Waals surface area contributed by atoms with E-state index in [9.17, 15) is 8.42 Å². The molecule has 0 saturated heterocycles. The van der Waals surface area contributed by atoms with Crippen LogP contribution in [0.4, 0.5) is 0 Å². The van der Waals surface area contributed by atoms with Crippen molar-refractivity contribution in [1.82, 2.24) is 4.72 Å². The number of nitrogens with one attached hydrogen (secondary N) is 1. The maximum absolute atomic E-state index is 12.4. The summed E-state index contributed by atoms with van der Waals surface area (Å²) in [6.07, 6.45) is 0. The van der Waals surface area contributed by atoms with Gasteiger partial charge in [-0.1, -0.05) is 45.8 Å². The lowest BCUT2D eigenvalue weighted by Gasteiger charge is -2.17. The van der Waals surface area contributed by atoms with Crippen LogP contribution in [0, 0.1) is 13.8 Å². The second-order valence-corrected chi connectivity index (χ2v) is 7.79. The summed E-state index contributed by atoms with van der Waals surface area (Å²) >= 11 is 3.29. The van der Waals surface area contributed by atoms with Gasteiger partial charge in [0, 0.05) is 10.5 Å². The van der Waals surface area contributed by atoms with Gasteiger partial charge < -0.3 is 0 Å². The topological polar surface area (TPSA) is 46.2 Å². The summed E-state index contributed by atoms with van der Waals surface area (Å²) in [6, 6.07) is 12.4. The molecule has 5 heteroatoms. The number of rotatable bonds is 4. The SMILES string of the molecule is Cc1ccc(C(C)NS(=O)(=O)c2cccc(Br)c2)c(C)c1. The molecule has 0 bridgehead atoms. The van der Waals surface area contributed by atoms with Crippen LogP contribution in [-0.4, -0.2) is 8.42 Å². The predicted molar refractivity (Wildman–Crippen MR) is 88.8 cm³/mol. The molecule has 1 atom stereocenters. The standard InChI is InChI=1S/C16H18BrNO2S/c1-11-7-8-16(12(2)9-11)13(3)18-21(19,20)15-6-4-5-14(17)10-15/h4-10,13,18H,1-3H3. The van der Waals surface area contributed by atoms with Gasteiger partial charge >= 0.3 is 0 Å². The molecule has 0 spiro atoms. The Bertz CT molecular complexity index is 757. The molecule has 2 rings (SSSR count). The first-order valence-electron chi connectivity index (χ1n) is 6.64. The maximum atomic E-state index is 12.4. The van der Waals surface area contributed by atoms with Crippen LogP contribution < -0.4 is 4.72 Å². The molecule has 0 aliphatic carbocycles. The van der Waals surface area contributed by atoms with Crippen LogP contribution >= 0.6 is 15.9 Å². The van der Waals surface area contributed by atoms with Gasteiger partial charge in [-0.2, -0.15) is 0 Å². The van der Waals surface area contributed by atoms with Crippen LogP contribution in [0.2, 0.25) is 0 Å². The lowest BCUT2D eigenvalue weighted by atomic mass is 10.0. The highest BCUT2D eigenvalue weighted by Crippen LogP contribution is 2.22. The molecular formula is C16H18BrNO2S. The first-order chi connectivity index (χ1) is 9.79. The lowest BCUT2D eigenvalue weighted by molar-refractivity contribution is 0.566. The zero-order valence-electron chi connectivity index (χ0n) is 12.2. The molecule has 0 aliphatic rings. The van der Waals surface area contributed by atoms with E-state index in [0.29, 0.717) is 0 Å². The smallest absolute Gasteiger partial charge is 0.207 e. The van der Waals surface area contributed by atoms with Gasteiger partial charge in [0.2, 0.25) is 10.0 Å². The van der Waals surface area contributed by atoms with E-state index in [1.54, 1.807) is 24.3 Å². The Hall–Kier alpha value is -1.17. The molecule has 112 valence electrons. The van der Waals surface area contributed by atoms with Crippen molar-refractivity contribution in [2.75, 3.05) is 0 Å². The van der Waals surface area contributed by atoms with Gasteiger partial charge in [-0.25, -0.2) is 13.1 Å². The van der Waals surface area contributed by atoms with Crippen molar-refractivity contribution in [2.45, 2.75) is 31.7 Å². The first kappa shape index (κ1) is 16.2. The average Bonchev–Trinajstić information content (AvgIpc) is 2.37. The second-order valence-electron chi connectivity index (χ2n) is 5.16. The summed E-state index contributed by atoms with van der Waals surface area (Å²) in [7, 11) is -3.54. The average molecular weight is 368 g/mol. The van der Waals surface area contributed by atoms with Crippen LogP contribution in [0.1, 0.15) is 29.7 Å². The molecule has 0 aromatic heterocycles. The molecule has 0 amide bonds. The number of aryl methyl sites for hydroxylation is 2. The van der Waals surface area contributed by atoms with Crippen molar-refractivity contribution < 1.29 is 8.42 Å². The van der Waals surface area contributed by atoms with Crippen molar-refractivity contribution in [2.24, 2.45) is 0 Å². The van der Waals surface area contributed by atoms with E-state index in [-0.39, 0.29) is 10.9 Å². The molecule has 1 N–H and O–H groups in total. The Morgan fingerprint density at radius 1 is 1.10 bits per heavy atom. The minimum absolute atomic E-state index is 0.258. The Morgan fingerprint density at radius 2 is 1.81 bits per heavy atom. The van der Waals surface area contributed by atoms with Gasteiger partial charge in [0.25, 0.3) is 0 Å². The lowest BCUT2D eigenvalue weighted by Crippen LogP contribution is -2.27. The minimum Gasteiger partial charge on any atom is -0.207 e. The first-order valence-corrected chi connectivity index (χ1v) is 8.92. The Kier molecular flexibility index (Phi) is 4.86. The Morgan fingerprint density at radius 3 is 2.43 bits per heavy atom. The van der Waals surface area contributed by atoms with Gasteiger partial charge in [-0.15, -0.1) is 0 Å². The molecule has 2 aromatic carbocycles. The summed E-state index contributed by atoms with van der Waals surface area (Å²) in [6.45, 7) is 5.87. The molecular weight excluding hydrogens is 350 g/mol. The van der Waals surface area contributed by atoms with E-state index < -0.39 is 10.0 Å². The largest absolute Gasteiger partial charge is 0.241 e. The fraction of sp³-hybridized carbons (Fsp3) is 0.250. The van der Waals surface area contributed by atoms with Gasteiger partial charge in [0.05, 0.1) is 4.90 Å². The van der Waals surface area contributed by atoms with Crippen LogP contribution in [0.15, 0.2) is 51.8 Å². The van der Waals surface area contributed by atoms with E-state index in [0.717, 1.165) is 15.6 Å². The third-order valence-corrected chi connectivity index (χ3v) is 5.36. The van der Waals surface area contributed by atoms with Crippen molar-refractivity contribution >= 4 is 26.0 Å². The van der Waals surface area contributed by atoms with Gasteiger partial charge in [0.1, 0.15) is 0 Å². The highest BCUT2D eigenvalue weighted by Gasteiger charge is 2.19. The van der Waals surface area contributed by atoms with Gasteiger partial charge in [0.15, 0.2) is 0 Å². The van der Waals surface area contributed by atoms with E-state index >= 15 is 0 Å². The number of sulfonamides is 1. The fourth-order valence-corrected chi connectivity index (χ4v) is 4.13. The van der Waals surface area contributed by atoms with Crippen LogP contribution in [-0.2, 0) is 10.0 Å². The minimum atomic E-state index is -3.54. The van der Waals surface area contributed by atoms with Crippen LogP contribution in [0.3, 0.4) is 0 Å².